The Hall–Kier alpha value is -1.83. The Balaban J connectivity index is 1.24. The molecule has 0 aromatic rings. The molecule has 0 radical (unpaired) electrons. The van der Waals surface area contributed by atoms with Gasteiger partial charge in [-0.2, -0.15) is 0 Å². The van der Waals surface area contributed by atoms with E-state index in [1.54, 1.807) is 0 Å². The molecule has 0 heterocycles. The number of unbranched alkanes of at least 4 members (excludes halogenated alkanes) is 2. The van der Waals surface area contributed by atoms with Crippen molar-refractivity contribution >= 4 is 5.97 Å². The quantitative estimate of drug-likeness (QED) is 0.0727. The lowest BCUT2D eigenvalue weighted by atomic mass is 9.47. The van der Waals surface area contributed by atoms with Crippen molar-refractivity contribution in [1.29, 1.82) is 0 Å². The SMILES string of the molecule is [2H]/C(CCCCC)=C(\[2H])C/C([2H])=C(/[2H])C/C([2H])=C(/[2H])C/C([2H])=C(/[2H])CCCC(=O)O[C@H]1CC[C@@]2(C)C(=CC[C@H]3[C@@H]4CC[C@H]([C@H](C)CCCC(C)C)[C@@]4(C)CC[C@@H]32)C1. The van der Waals surface area contributed by atoms with Gasteiger partial charge in [-0.3, -0.25) is 4.79 Å². The smallest absolute Gasteiger partial charge is 0.306 e. The number of fused-ring (bicyclic) bond motifs is 5. The molecular formula is C47H76O2. The molecule has 0 aliphatic heterocycles. The van der Waals surface area contributed by atoms with Gasteiger partial charge in [-0.1, -0.05) is 134 Å². The molecule has 3 saturated carbocycles. The first-order chi connectivity index (χ1) is 26.9. The Bertz CT molecular complexity index is 1540. The molecule has 0 aromatic heterocycles. The summed E-state index contributed by atoms with van der Waals surface area (Å²) < 4.78 is 71.8. The first-order valence-electron chi connectivity index (χ1n) is 24.4. The average molecular weight is 681 g/mol. The van der Waals surface area contributed by atoms with Crippen molar-refractivity contribution in [3.05, 3.63) is 60.1 Å². The minimum absolute atomic E-state index is 0.00390. The van der Waals surface area contributed by atoms with E-state index in [0.717, 1.165) is 74.0 Å². The molecule has 0 N–H and O–H groups in total. The Morgan fingerprint density at radius 3 is 2.18 bits per heavy atom. The predicted molar refractivity (Wildman–Crippen MR) is 211 cm³/mol. The predicted octanol–water partition coefficient (Wildman–Crippen LogP) is 14.1. The molecule has 49 heavy (non-hydrogen) atoms. The second kappa shape index (κ2) is 20.3. The molecule has 0 spiro atoms. The molecule has 0 unspecified atom stereocenters. The highest BCUT2D eigenvalue weighted by molar-refractivity contribution is 5.69. The van der Waals surface area contributed by atoms with E-state index in [1.165, 1.54) is 56.9 Å². The third-order valence-corrected chi connectivity index (χ3v) is 13.2. The van der Waals surface area contributed by atoms with Crippen molar-refractivity contribution in [1.82, 2.24) is 0 Å². The van der Waals surface area contributed by atoms with Crippen molar-refractivity contribution in [2.45, 2.75) is 182 Å². The zero-order valence-corrected chi connectivity index (χ0v) is 32.3. The summed E-state index contributed by atoms with van der Waals surface area (Å²) in [5.41, 5.74) is 2.16. The second-order valence-electron chi connectivity index (χ2n) is 16.9. The first kappa shape index (κ1) is 29.7. The Labute approximate surface area is 315 Å². The van der Waals surface area contributed by atoms with Crippen molar-refractivity contribution in [2.75, 3.05) is 0 Å². The van der Waals surface area contributed by atoms with Crippen molar-refractivity contribution < 1.29 is 20.5 Å². The van der Waals surface area contributed by atoms with Gasteiger partial charge in [0.05, 0.1) is 11.0 Å². The van der Waals surface area contributed by atoms with Crippen LogP contribution in [-0.4, -0.2) is 12.1 Å². The number of carbonyl (C=O) groups is 1. The Morgan fingerprint density at radius 2 is 1.51 bits per heavy atom. The highest BCUT2D eigenvalue weighted by Crippen LogP contribution is 2.67. The lowest BCUT2D eigenvalue weighted by molar-refractivity contribution is -0.151. The molecule has 0 amide bonds. The maximum Gasteiger partial charge on any atom is 0.306 e. The standard InChI is InChI=1S/C47H76O2/c1-7-8-9-10-11-12-13-14-15-16-17-18-19-20-21-22-23-27-45(48)49-40-32-34-46(5)39(36-40)28-29-41-43-31-30-42(38(4)26-24-25-37(2)3)47(43,6)35-33-44(41)46/h11-12,14-15,17-18,20-21,28,37-38,40-44H,7-10,13,16,19,22-27,29-36H2,1-6H3/b12-11-,15-14-,18-17-,21-20-/t38-,40+,41+,42-,43+,44+,46+,47-/m1/s1/i11D,12D,14D,15D,17D,18D,20D,21D. The number of ether oxygens (including phenoxy) is 1. The van der Waals surface area contributed by atoms with Crippen LogP contribution < -0.4 is 0 Å². The molecule has 276 valence electrons. The minimum Gasteiger partial charge on any atom is -0.462 e. The molecule has 3 fully saturated rings. The maximum atomic E-state index is 13.0. The minimum atomic E-state index is -0.266. The van der Waals surface area contributed by atoms with Gasteiger partial charge in [-0.25, -0.2) is 0 Å². The van der Waals surface area contributed by atoms with Crippen LogP contribution in [0.15, 0.2) is 60.1 Å². The van der Waals surface area contributed by atoms with Crippen LogP contribution in [0.3, 0.4) is 0 Å². The summed E-state index contributed by atoms with van der Waals surface area (Å²) in [6, 6.07) is -0.618. The summed E-state index contributed by atoms with van der Waals surface area (Å²) in [5, 5.41) is 0. The molecule has 8 atom stereocenters. The van der Waals surface area contributed by atoms with Gasteiger partial charge in [0.2, 0.25) is 0 Å². The highest BCUT2D eigenvalue weighted by atomic mass is 16.5. The lowest BCUT2D eigenvalue weighted by Gasteiger charge is -2.58. The number of rotatable bonds is 20. The van der Waals surface area contributed by atoms with E-state index in [0.29, 0.717) is 18.3 Å². The number of hydrogen-bond acceptors (Lipinski definition) is 2. The fraction of sp³-hybridized carbons (Fsp3) is 0.766. The monoisotopic (exact) mass is 681 g/mol. The van der Waals surface area contributed by atoms with Crippen LogP contribution >= 0.6 is 0 Å². The molecule has 0 bridgehead atoms. The molecule has 0 aromatic carbocycles. The summed E-state index contributed by atoms with van der Waals surface area (Å²) in [4.78, 5) is 13.0. The van der Waals surface area contributed by atoms with Crippen LogP contribution in [0.25, 0.3) is 0 Å². The van der Waals surface area contributed by atoms with E-state index in [4.69, 9.17) is 15.7 Å². The highest BCUT2D eigenvalue weighted by Gasteiger charge is 2.59. The molecule has 4 aliphatic carbocycles. The van der Waals surface area contributed by atoms with Gasteiger partial charge in [-0.15, -0.1) is 0 Å². The maximum absolute atomic E-state index is 13.0. The number of carbonyl (C=O) groups excluding carboxylic acids is 1. The van der Waals surface area contributed by atoms with E-state index in [2.05, 4.69) is 47.6 Å². The zero-order chi connectivity index (χ0) is 42.1. The van der Waals surface area contributed by atoms with Gasteiger partial charge >= 0.3 is 5.97 Å². The van der Waals surface area contributed by atoms with Crippen LogP contribution in [0.5, 0.6) is 0 Å². The van der Waals surface area contributed by atoms with Crippen molar-refractivity contribution in [2.24, 2.45) is 46.3 Å². The van der Waals surface area contributed by atoms with E-state index in [1.807, 2.05) is 0 Å². The van der Waals surface area contributed by atoms with Gasteiger partial charge in [0.15, 0.2) is 0 Å². The third kappa shape index (κ3) is 11.3. The Morgan fingerprint density at radius 1 is 0.837 bits per heavy atom. The molecule has 0 saturated heterocycles. The topological polar surface area (TPSA) is 26.3 Å². The van der Waals surface area contributed by atoms with Gasteiger partial charge in [0, 0.05) is 12.8 Å². The molecule has 2 heteroatoms. The normalized spacial score (nSPS) is 36.1. The number of allylic oxidation sites excluding steroid dienone is 9. The summed E-state index contributed by atoms with van der Waals surface area (Å²) in [6.07, 6.45) is 19.3. The fourth-order valence-electron chi connectivity index (χ4n) is 10.5. The van der Waals surface area contributed by atoms with Crippen LogP contribution in [-0.2, 0) is 9.53 Å². The van der Waals surface area contributed by atoms with Crippen LogP contribution in [0.4, 0.5) is 0 Å². The van der Waals surface area contributed by atoms with E-state index < -0.39 is 0 Å². The van der Waals surface area contributed by atoms with Gasteiger partial charge in [0.25, 0.3) is 0 Å². The van der Waals surface area contributed by atoms with Crippen LogP contribution in [0.2, 0.25) is 0 Å². The molecule has 2 nitrogen and oxygen atoms in total. The van der Waals surface area contributed by atoms with Gasteiger partial charge < -0.3 is 4.74 Å². The third-order valence-electron chi connectivity index (χ3n) is 13.2. The van der Waals surface area contributed by atoms with E-state index in [-0.39, 0.29) is 98.0 Å². The van der Waals surface area contributed by atoms with Crippen LogP contribution in [0.1, 0.15) is 187 Å². The molecule has 4 rings (SSSR count). The lowest BCUT2D eigenvalue weighted by Crippen LogP contribution is -2.51. The summed E-state index contributed by atoms with van der Waals surface area (Å²) >= 11 is 0. The number of hydrogen-bond donors (Lipinski definition) is 0. The van der Waals surface area contributed by atoms with Crippen LogP contribution in [0, 0.1) is 46.3 Å². The summed E-state index contributed by atoms with van der Waals surface area (Å²) in [7, 11) is 0. The summed E-state index contributed by atoms with van der Waals surface area (Å²) in [5.74, 6) is 4.50. The fourth-order valence-corrected chi connectivity index (χ4v) is 10.5. The summed E-state index contributed by atoms with van der Waals surface area (Å²) in [6.45, 7) is 14.4. The van der Waals surface area contributed by atoms with Crippen molar-refractivity contribution in [3.63, 3.8) is 0 Å². The number of esters is 1. The zero-order valence-electron chi connectivity index (χ0n) is 40.3. The van der Waals surface area contributed by atoms with Gasteiger partial charge in [0.1, 0.15) is 6.10 Å². The average Bonchev–Trinajstić information content (AvgIpc) is 3.51. The van der Waals surface area contributed by atoms with E-state index in [9.17, 15) is 4.79 Å². The Kier molecular flexibility index (Phi) is 12.3. The largest absolute Gasteiger partial charge is 0.462 e. The van der Waals surface area contributed by atoms with Gasteiger partial charge in [-0.05, 0) is 136 Å². The molecular weight excluding hydrogens is 597 g/mol. The van der Waals surface area contributed by atoms with Crippen molar-refractivity contribution in [3.8, 4) is 0 Å². The molecule has 4 aliphatic rings. The first-order valence-corrected chi connectivity index (χ1v) is 20.4. The second-order valence-corrected chi connectivity index (χ2v) is 16.9. The van der Waals surface area contributed by atoms with E-state index >= 15 is 0 Å².